The zero-order valence-electron chi connectivity index (χ0n) is 14.8. The third-order valence-corrected chi connectivity index (χ3v) is 5.32. The standard InChI is InChI=1S/C21H24BrNO2/c1-3-23(4-2)18-8-5-15(6-9-18)20(24)14-21-19-10-7-17(22)13-16(19)11-12-25-21/h5-10,13,21H,3-4,11-12,14H2,1-2H3. The Hall–Kier alpha value is -1.65. The van der Waals surface area contributed by atoms with Crippen molar-refractivity contribution < 1.29 is 9.53 Å². The molecule has 0 bridgehead atoms. The van der Waals surface area contributed by atoms with Crippen LogP contribution in [0.2, 0.25) is 0 Å². The van der Waals surface area contributed by atoms with E-state index in [1.54, 1.807) is 0 Å². The molecule has 3 rings (SSSR count). The molecule has 2 aromatic rings. The maximum Gasteiger partial charge on any atom is 0.165 e. The number of Topliss-reactive ketones (excluding diaryl/α,β-unsaturated/α-hetero) is 1. The van der Waals surface area contributed by atoms with E-state index in [1.807, 2.05) is 30.3 Å². The lowest BCUT2D eigenvalue weighted by molar-refractivity contribution is 0.0351. The van der Waals surface area contributed by atoms with Gasteiger partial charge in [-0.2, -0.15) is 0 Å². The molecule has 0 N–H and O–H groups in total. The molecule has 4 heteroatoms. The minimum atomic E-state index is -0.146. The number of carbonyl (C=O) groups is 1. The Bertz CT molecular complexity index is 738. The van der Waals surface area contributed by atoms with E-state index in [2.05, 4.69) is 46.8 Å². The van der Waals surface area contributed by atoms with Crippen molar-refractivity contribution in [2.75, 3.05) is 24.6 Å². The summed E-state index contributed by atoms with van der Waals surface area (Å²) in [5.74, 6) is 0.131. The summed E-state index contributed by atoms with van der Waals surface area (Å²) in [6, 6.07) is 14.2. The summed E-state index contributed by atoms with van der Waals surface area (Å²) in [7, 11) is 0. The lowest BCUT2D eigenvalue weighted by Gasteiger charge is -2.26. The highest BCUT2D eigenvalue weighted by Crippen LogP contribution is 2.32. The highest BCUT2D eigenvalue weighted by Gasteiger charge is 2.24. The van der Waals surface area contributed by atoms with E-state index in [4.69, 9.17) is 4.74 Å². The van der Waals surface area contributed by atoms with Crippen LogP contribution in [0.15, 0.2) is 46.9 Å². The first-order valence-corrected chi connectivity index (χ1v) is 9.69. The van der Waals surface area contributed by atoms with Crippen LogP contribution < -0.4 is 4.90 Å². The van der Waals surface area contributed by atoms with Gasteiger partial charge in [-0.05, 0) is 67.8 Å². The molecule has 0 amide bonds. The summed E-state index contributed by atoms with van der Waals surface area (Å²) in [5, 5.41) is 0. The van der Waals surface area contributed by atoms with Crippen molar-refractivity contribution in [1.82, 2.24) is 0 Å². The minimum Gasteiger partial charge on any atom is -0.373 e. The quantitative estimate of drug-likeness (QED) is 0.624. The summed E-state index contributed by atoms with van der Waals surface area (Å²) >= 11 is 3.52. The largest absolute Gasteiger partial charge is 0.373 e. The van der Waals surface area contributed by atoms with Crippen LogP contribution in [0.25, 0.3) is 0 Å². The first kappa shape index (κ1) is 18.2. The number of ether oxygens (including phenoxy) is 1. The van der Waals surface area contributed by atoms with Crippen LogP contribution >= 0.6 is 15.9 Å². The van der Waals surface area contributed by atoms with Crippen LogP contribution in [0.1, 0.15) is 47.9 Å². The topological polar surface area (TPSA) is 29.5 Å². The van der Waals surface area contributed by atoms with Crippen LogP contribution in [0.3, 0.4) is 0 Å². The first-order chi connectivity index (χ1) is 12.1. The Morgan fingerprint density at radius 3 is 2.56 bits per heavy atom. The minimum absolute atomic E-state index is 0.131. The summed E-state index contributed by atoms with van der Waals surface area (Å²) < 4.78 is 6.96. The van der Waals surface area contributed by atoms with Gasteiger partial charge < -0.3 is 9.64 Å². The molecule has 3 nitrogen and oxygen atoms in total. The first-order valence-electron chi connectivity index (χ1n) is 8.90. The smallest absolute Gasteiger partial charge is 0.165 e. The van der Waals surface area contributed by atoms with E-state index in [-0.39, 0.29) is 11.9 Å². The van der Waals surface area contributed by atoms with Crippen molar-refractivity contribution >= 4 is 27.4 Å². The van der Waals surface area contributed by atoms with Gasteiger partial charge in [-0.25, -0.2) is 0 Å². The Balaban J connectivity index is 1.73. The van der Waals surface area contributed by atoms with Crippen molar-refractivity contribution in [2.24, 2.45) is 0 Å². The zero-order valence-corrected chi connectivity index (χ0v) is 16.4. The number of nitrogens with zero attached hydrogens (tertiary/aromatic N) is 1. The molecule has 0 aromatic heterocycles. The van der Waals surface area contributed by atoms with Gasteiger partial charge in [0.05, 0.1) is 12.7 Å². The van der Waals surface area contributed by atoms with E-state index in [1.165, 1.54) is 5.56 Å². The van der Waals surface area contributed by atoms with Crippen LogP contribution in [0, 0.1) is 0 Å². The van der Waals surface area contributed by atoms with Gasteiger partial charge in [0.2, 0.25) is 0 Å². The average Bonchev–Trinajstić information content (AvgIpc) is 2.63. The fourth-order valence-electron chi connectivity index (χ4n) is 3.41. The summed E-state index contributed by atoms with van der Waals surface area (Å²) in [6.45, 7) is 6.87. The third kappa shape index (κ3) is 4.13. The predicted octanol–water partition coefficient (Wildman–Crippen LogP) is 5.18. The van der Waals surface area contributed by atoms with Gasteiger partial charge in [0.15, 0.2) is 5.78 Å². The molecule has 0 fully saturated rings. The molecule has 1 heterocycles. The van der Waals surface area contributed by atoms with Crippen LogP contribution in [0.5, 0.6) is 0 Å². The zero-order chi connectivity index (χ0) is 17.8. The number of fused-ring (bicyclic) bond motifs is 1. The van der Waals surface area contributed by atoms with Gasteiger partial charge in [-0.1, -0.05) is 22.0 Å². The number of anilines is 1. The summed E-state index contributed by atoms with van der Waals surface area (Å²) in [4.78, 5) is 15.0. The highest BCUT2D eigenvalue weighted by molar-refractivity contribution is 9.10. The average molecular weight is 402 g/mol. The van der Waals surface area contributed by atoms with E-state index in [0.29, 0.717) is 13.0 Å². The fraction of sp³-hybridized carbons (Fsp3) is 0.381. The summed E-state index contributed by atoms with van der Waals surface area (Å²) in [6.07, 6.45) is 1.14. The molecule has 0 aliphatic carbocycles. The SMILES string of the molecule is CCN(CC)c1ccc(C(=O)CC2OCCc3cc(Br)ccc32)cc1. The Kier molecular flexibility index (Phi) is 5.92. The van der Waals surface area contributed by atoms with Gasteiger partial charge in [0, 0.05) is 35.2 Å². The van der Waals surface area contributed by atoms with Crippen molar-refractivity contribution in [2.45, 2.75) is 32.8 Å². The number of ketones is 1. The number of benzene rings is 2. The van der Waals surface area contributed by atoms with E-state index in [9.17, 15) is 4.79 Å². The molecule has 0 saturated carbocycles. The molecule has 0 spiro atoms. The van der Waals surface area contributed by atoms with E-state index in [0.717, 1.165) is 40.8 Å². The number of halogens is 1. The number of carbonyl (C=O) groups excluding carboxylic acids is 1. The second-order valence-corrected chi connectivity index (χ2v) is 7.21. The van der Waals surface area contributed by atoms with Gasteiger partial charge in [0.25, 0.3) is 0 Å². The fourth-order valence-corrected chi connectivity index (χ4v) is 3.82. The lowest BCUT2D eigenvalue weighted by Crippen LogP contribution is -2.22. The molecule has 0 saturated heterocycles. The van der Waals surface area contributed by atoms with Crippen molar-refractivity contribution in [1.29, 1.82) is 0 Å². The molecular weight excluding hydrogens is 378 g/mol. The molecule has 0 radical (unpaired) electrons. The monoisotopic (exact) mass is 401 g/mol. The maximum atomic E-state index is 12.7. The van der Waals surface area contributed by atoms with Gasteiger partial charge in [-0.15, -0.1) is 0 Å². The molecule has 1 atom stereocenters. The maximum absolute atomic E-state index is 12.7. The van der Waals surface area contributed by atoms with Crippen LogP contribution in [-0.4, -0.2) is 25.5 Å². The van der Waals surface area contributed by atoms with Crippen molar-refractivity contribution in [3.05, 3.63) is 63.6 Å². The predicted molar refractivity (Wildman–Crippen MR) is 105 cm³/mol. The Labute approximate surface area is 158 Å². The molecule has 1 aliphatic rings. The summed E-state index contributed by atoms with van der Waals surface area (Å²) in [5.41, 5.74) is 4.33. The number of rotatable bonds is 6. The van der Waals surface area contributed by atoms with Gasteiger partial charge in [0.1, 0.15) is 0 Å². The molecule has 1 aliphatic heterocycles. The molecule has 132 valence electrons. The van der Waals surface area contributed by atoms with E-state index < -0.39 is 0 Å². The van der Waals surface area contributed by atoms with Crippen LogP contribution in [-0.2, 0) is 11.2 Å². The molecule has 2 aromatic carbocycles. The second kappa shape index (κ2) is 8.15. The molecule has 1 unspecified atom stereocenters. The Morgan fingerprint density at radius 1 is 1.16 bits per heavy atom. The molecular formula is C21H24BrNO2. The van der Waals surface area contributed by atoms with E-state index >= 15 is 0 Å². The second-order valence-electron chi connectivity index (χ2n) is 6.30. The number of hydrogen-bond acceptors (Lipinski definition) is 3. The van der Waals surface area contributed by atoms with Crippen molar-refractivity contribution in [3.8, 4) is 0 Å². The highest BCUT2D eigenvalue weighted by atomic mass is 79.9. The number of hydrogen-bond donors (Lipinski definition) is 0. The normalized spacial score (nSPS) is 16.4. The lowest BCUT2D eigenvalue weighted by atomic mass is 9.93. The Morgan fingerprint density at radius 2 is 1.88 bits per heavy atom. The third-order valence-electron chi connectivity index (χ3n) is 4.83. The van der Waals surface area contributed by atoms with Crippen LogP contribution in [0.4, 0.5) is 5.69 Å². The van der Waals surface area contributed by atoms with Crippen molar-refractivity contribution in [3.63, 3.8) is 0 Å². The van der Waals surface area contributed by atoms with Gasteiger partial charge in [-0.3, -0.25) is 4.79 Å². The van der Waals surface area contributed by atoms with Gasteiger partial charge >= 0.3 is 0 Å². The molecule has 25 heavy (non-hydrogen) atoms.